The van der Waals surface area contributed by atoms with Crippen LogP contribution in [0.2, 0.25) is 0 Å². The quantitative estimate of drug-likeness (QED) is 0.497. The molecule has 0 saturated heterocycles. The number of fused-ring (bicyclic) bond motifs is 1. The van der Waals surface area contributed by atoms with Crippen LogP contribution in [0.3, 0.4) is 0 Å². The number of pyridine rings is 1. The first-order chi connectivity index (χ1) is 15.0. The minimum Gasteiger partial charge on any atom is -0.497 e. The van der Waals surface area contributed by atoms with E-state index in [1.807, 2.05) is 69.4 Å². The molecule has 0 aliphatic carbocycles. The van der Waals surface area contributed by atoms with Gasteiger partial charge in [0.1, 0.15) is 11.5 Å². The molecular weight excluding hydrogens is 392 g/mol. The molecule has 4 aromatic rings. The van der Waals surface area contributed by atoms with E-state index in [-0.39, 0.29) is 5.91 Å². The number of nitrogens with zero attached hydrogens (tertiary/aromatic N) is 3. The van der Waals surface area contributed by atoms with Crippen molar-refractivity contribution in [2.24, 2.45) is 7.05 Å². The van der Waals surface area contributed by atoms with Crippen molar-refractivity contribution in [2.45, 2.75) is 13.8 Å². The average molecular weight is 416 g/mol. The number of amides is 1. The molecule has 7 nitrogen and oxygen atoms in total. The lowest BCUT2D eigenvalue weighted by Crippen LogP contribution is -2.13. The fourth-order valence-corrected chi connectivity index (χ4v) is 3.55. The molecule has 1 N–H and O–H groups in total. The highest BCUT2D eigenvalue weighted by molar-refractivity contribution is 6.13. The number of carbonyl (C=O) groups is 1. The number of ether oxygens (including phenoxy) is 2. The number of carbonyl (C=O) groups excluding carboxylic acids is 1. The van der Waals surface area contributed by atoms with Gasteiger partial charge in [-0.3, -0.25) is 9.48 Å². The predicted octanol–water partition coefficient (Wildman–Crippen LogP) is 4.60. The number of rotatable bonds is 6. The molecule has 7 heteroatoms. The number of anilines is 1. The molecule has 0 fully saturated rings. The molecule has 1 amide bonds. The first-order valence-corrected chi connectivity index (χ1v) is 10.0. The second-order valence-electron chi connectivity index (χ2n) is 7.11. The summed E-state index contributed by atoms with van der Waals surface area (Å²) in [7, 11) is 3.45. The third kappa shape index (κ3) is 4.07. The Hall–Kier alpha value is -3.87. The molecule has 0 saturated carbocycles. The molecule has 31 heavy (non-hydrogen) atoms. The van der Waals surface area contributed by atoms with Crippen molar-refractivity contribution < 1.29 is 14.3 Å². The molecule has 0 bridgehead atoms. The summed E-state index contributed by atoms with van der Waals surface area (Å²) >= 11 is 0. The second-order valence-corrected chi connectivity index (χ2v) is 7.11. The molecule has 0 aliphatic heterocycles. The van der Waals surface area contributed by atoms with Crippen molar-refractivity contribution in [3.05, 3.63) is 65.9 Å². The third-order valence-electron chi connectivity index (χ3n) is 5.00. The average Bonchev–Trinajstić information content (AvgIpc) is 3.08. The highest BCUT2D eigenvalue weighted by Gasteiger charge is 2.19. The Bertz CT molecular complexity index is 1250. The van der Waals surface area contributed by atoms with Gasteiger partial charge in [-0.1, -0.05) is 12.1 Å². The van der Waals surface area contributed by atoms with Crippen LogP contribution in [0.1, 0.15) is 23.0 Å². The molecule has 0 aliphatic rings. The molecule has 2 aromatic carbocycles. The Morgan fingerprint density at radius 3 is 2.58 bits per heavy atom. The van der Waals surface area contributed by atoms with Gasteiger partial charge >= 0.3 is 0 Å². The molecule has 158 valence electrons. The Balaban J connectivity index is 1.77. The van der Waals surface area contributed by atoms with Crippen LogP contribution < -0.4 is 14.8 Å². The van der Waals surface area contributed by atoms with Crippen molar-refractivity contribution in [3.8, 4) is 22.8 Å². The van der Waals surface area contributed by atoms with Crippen LogP contribution >= 0.6 is 0 Å². The molecule has 0 unspecified atom stereocenters. The van der Waals surface area contributed by atoms with E-state index >= 15 is 0 Å². The Labute approximate surface area is 180 Å². The lowest BCUT2D eigenvalue weighted by atomic mass is 10.0. The highest BCUT2D eigenvalue weighted by atomic mass is 16.5. The van der Waals surface area contributed by atoms with E-state index in [0.29, 0.717) is 29.2 Å². The Morgan fingerprint density at radius 1 is 1.10 bits per heavy atom. The second kappa shape index (κ2) is 8.47. The van der Waals surface area contributed by atoms with Gasteiger partial charge < -0.3 is 14.8 Å². The molecular formula is C24H24N4O3. The van der Waals surface area contributed by atoms with Crippen molar-refractivity contribution in [1.82, 2.24) is 14.8 Å². The van der Waals surface area contributed by atoms with E-state index in [9.17, 15) is 4.79 Å². The van der Waals surface area contributed by atoms with E-state index in [0.717, 1.165) is 28.1 Å². The number of benzene rings is 2. The number of nitrogens with one attached hydrogen (secondary N) is 1. The van der Waals surface area contributed by atoms with Gasteiger partial charge in [-0.05, 0) is 56.3 Å². The summed E-state index contributed by atoms with van der Waals surface area (Å²) in [5, 5.41) is 8.18. The number of methoxy groups -OCH3 is 1. The van der Waals surface area contributed by atoms with Crippen molar-refractivity contribution in [3.63, 3.8) is 0 Å². The summed E-state index contributed by atoms with van der Waals surface area (Å²) in [4.78, 5) is 18.0. The maximum Gasteiger partial charge on any atom is 0.256 e. The zero-order valence-electron chi connectivity index (χ0n) is 18.0. The van der Waals surface area contributed by atoms with E-state index in [2.05, 4.69) is 10.4 Å². The van der Waals surface area contributed by atoms with Crippen LogP contribution in [0.15, 0.2) is 54.6 Å². The standard InChI is InChI=1S/C24H24N4O3/c1-5-31-18-11-9-17(10-12-18)25-24(29)20-14-21(16-7-6-8-19(13-16)30-4)26-23-22(20)15(2)27-28(23)3/h6-14H,5H2,1-4H3,(H,25,29). The molecule has 2 heterocycles. The summed E-state index contributed by atoms with van der Waals surface area (Å²) in [6, 6.07) is 16.7. The number of aryl methyl sites for hydroxylation is 2. The number of hydrogen-bond donors (Lipinski definition) is 1. The SMILES string of the molecule is CCOc1ccc(NC(=O)c2cc(-c3cccc(OC)c3)nc3c2c(C)nn3C)cc1. The smallest absolute Gasteiger partial charge is 0.256 e. The van der Waals surface area contributed by atoms with Gasteiger partial charge in [-0.15, -0.1) is 0 Å². The zero-order chi connectivity index (χ0) is 22.0. The maximum absolute atomic E-state index is 13.3. The Kier molecular flexibility index (Phi) is 5.58. The summed E-state index contributed by atoms with van der Waals surface area (Å²) in [5.41, 5.74) is 4.13. The van der Waals surface area contributed by atoms with Gasteiger partial charge in [0.25, 0.3) is 5.91 Å². The predicted molar refractivity (Wildman–Crippen MR) is 121 cm³/mol. The number of hydrogen-bond acceptors (Lipinski definition) is 5. The normalized spacial score (nSPS) is 10.8. The monoisotopic (exact) mass is 416 g/mol. The number of aromatic nitrogens is 3. The van der Waals surface area contributed by atoms with E-state index in [1.165, 1.54) is 0 Å². The zero-order valence-corrected chi connectivity index (χ0v) is 18.0. The minimum atomic E-state index is -0.225. The van der Waals surface area contributed by atoms with Gasteiger partial charge in [0.2, 0.25) is 0 Å². The first kappa shape index (κ1) is 20.4. The van der Waals surface area contributed by atoms with Gasteiger partial charge in [-0.2, -0.15) is 5.10 Å². The lowest BCUT2D eigenvalue weighted by molar-refractivity contribution is 0.102. The fraction of sp³-hybridized carbons (Fsp3) is 0.208. The highest BCUT2D eigenvalue weighted by Crippen LogP contribution is 2.29. The Morgan fingerprint density at radius 2 is 1.87 bits per heavy atom. The van der Waals surface area contributed by atoms with Crippen molar-refractivity contribution >= 4 is 22.6 Å². The maximum atomic E-state index is 13.3. The van der Waals surface area contributed by atoms with Crippen LogP contribution in [0.25, 0.3) is 22.3 Å². The van der Waals surface area contributed by atoms with Crippen molar-refractivity contribution in [1.29, 1.82) is 0 Å². The van der Waals surface area contributed by atoms with Gasteiger partial charge in [0.05, 0.1) is 36.1 Å². The molecule has 0 atom stereocenters. The van der Waals surface area contributed by atoms with Crippen LogP contribution in [-0.4, -0.2) is 34.4 Å². The summed E-state index contributed by atoms with van der Waals surface area (Å²) in [6.45, 7) is 4.40. The minimum absolute atomic E-state index is 0.225. The van der Waals surface area contributed by atoms with Crippen LogP contribution in [0.4, 0.5) is 5.69 Å². The molecule has 2 aromatic heterocycles. The van der Waals surface area contributed by atoms with E-state index in [1.54, 1.807) is 17.9 Å². The topological polar surface area (TPSA) is 78.3 Å². The van der Waals surface area contributed by atoms with Crippen LogP contribution in [0, 0.1) is 6.92 Å². The largest absolute Gasteiger partial charge is 0.497 e. The van der Waals surface area contributed by atoms with Gasteiger partial charge in [-0.25, -0.2) is 4.98 Å². The van der Waals surface area contributed by atoms with Crippen LogP contribution in [-0.2, 0) is 7.05 Å². The molecule has 4 rings (SSSR count). The molecule has 0 radical (unpaired) electrons. The van der Waals surface area contributed by atoms with Crippen molar-refractivity contribution in [2.75, 3.05) is 19.0 Å². The fourth-order valence-electron chi connectivity index (χ4n) is 3.55. The van der Waals surface area contributed by atoms with E-state index < -0.39 is 0 Å². The lowest BCUT2D eigenvalue weighted by Gasteiger charge is -2.11. The molecule has 0 spiro atoms. The van der Waals surface area contributed by atoms with Gasteiger partial charge in [0.15, 0.2) is 5.65 Å². The van der Waals surface area contributed by atoms with Crippen LogP contribution in [0.5, 0.6) is 11.5 Å². The first-order valence-electron chi connectivity index (χ1n) is 10.0. The summed E-state index contributed by atoms with van der Waals surface area (Å²) in [6.07, 6.45) is 0. The van der Waals surface area contributed by atoms with Gasteiger partial charge in [0, 0.05) is 18.3 Å². The summed E-state index contributed by atoms with van der Waals surface area (Å²) < 4.78 is 12.5. The third-order valence-corrected chi connectivity index (χ3v) is 5.00. The van der Waals surface area contributed by atoms with E-state index in [4.69, 9.17) is 14.5 Å². The summed E-state index contributed by atoms with van der Waals surface area (Å²) in [5.74, 6) is 1.26.